The fourth-order valence-corrected chi connectivity index (χ4v) is 3.70. The van der Waals surface area contributed by atoms with E-state index in [-0.39, 0.29) is 17.9 Å². The van der Waals surface area contributed by atoms with Crippen LogP contribution in [0.25, 0.3) is 0 Å². The van der Waals surface area contributed by atoms with Crippen molar-refractivity contribution >= 4 is 29.1 Å². The van der Waals surface area contributed by atoms with E-state index in [9.17, 15) is 9.59 Å². The molecule has 3 heterocycles. The quantitative estimate of drug-likeness (QED) is 0.663. The molecule has 2 N–H and O–H groups in total. The number of aryl methyl sites for hydroxylation is 1. The summed E-state index contributed by atoms with van der Waals surface area (Å²) in [5.74, 6) is 0.126. The molecule has 3 aromatic rings. The van der Waals surface area contributed by atoms with Gasteiger partial charge in [0.1, 0.15) is 5.69 Å². The molecule has 0 saturated carbocycles. The van der Waals surface area contributed by atoms with Gasteiger partial charge in [-0.05, 0) is 56.5 Å². The van der Waals surface area contributed by atoms with E-state index in [2.05, 4.69) is 25.5 Å². The topological polar surface area (TPSA) is 104 Å². The molecule has 1 aliphatic rings. The summed E-state index contributed by atoms with van der Waals surface area (Å²) in [6, 6.07) is 8.29. The van der Waals surface area contributed by atoms with Crippen LogP contribution in [0.4, 0.5) is 5.69 Å². The van der Waals surface area contributed by atoms with Gasteiger partial charge in [0.15, 0.2) is 5.82 Å². The van der Waals surface area contributed by atoms with Crippen molar-refractivity contribution in [1.29, 1.82) is 0 Å². The number of nitrogens with zero attached hydrogens (tertiary/aromatic N) is 4. The maximum atomic E-state index is 12.9. The first-order valence-electron chi connectivity index (χ1n) is 9.74. The van der Waals surface area contributed by atoms with Gasteiger partial charge in [0.05, 0.1) is 17.3 Å². The number of amides is 2. The van der Waals surface area contributed by atoms with Crippen molar-refractivity contribution in [2.75, 3.05) is 11.9 Å². The molecule has 4 rings (SSSR count). The zero-order chi connectivity index (χ0) is 21.1. The number of anilines is 1. The fourth-order valence-electron chi connectivity index (χ4n) is 3.57. The normalized spacial score (nSPS) is 16.3. The molecule has 2 amide bonds. The van der Waals surface area contributed by atoms with Crippen LogP contribution in [0.15, 0.2) is 42.7 Å². The first kappa shape index (κ1) is 20.0. The summed E-state index contributed by atoms with van der Waals surface area (Å²) in [7, 11) is 0. The Hall–Kier alpha value is -3.26. The lowest BCUT2D eigenvalue weighted by molar-refractivity contribution is 0.0593. The van der Waals surface area contributed by atoms with Gasteiger partial charge in [-0.15, -0.1) is 0 Å². The molecule has 0 unspecified atom stereocenters. The lowest BCUT2D eigenvalue weighted by atomic mass is 10.0. The second kappa shape index (κ2) is 8.62. The number of rotatable bonds is 4. The van der Waals surface area contributed by atoms with Gasteiger partial charge in [0.25, 0.3) is 11.8 Å². The molecule has 154 valence electrons. The van der Waals surface area contributed by atoms with Gasteiger partial charge in [-0.25, -0.2) is 9.97 Å². The van der Waals surface area contributed by atoms with Crippen LogP contribution in [0.3, 0.4) is 0 Å². The summed E-state index contributed by atoms with van der Waals surface area (Å²) in [5, 5.41) is 10.0. The molecule has 9 heteroatoms. The molecule has 0 spiro atoms. The lowest BCUT2D eigenvalue weighted by Gasteiger charge is -2.34. The zero-order valence-corrected chi connectivity index (χ0v) is 17.2. The minimum absolute atomic E-state index is 0.122. The van der Waals surface area contributed by atoms with E-state index < -0.39 is 0 Å². The second-order valence-corrected chi connectivity index (χ2v) is 7.61. The molecule has 1 saturated heterocycles. The molecule has 1 aliphatic heterocycles. The number of carbonyl (C=O) groups is 2. The predicted molar refractivity (Wildman–Crippen MR) is 112 cm³/mol. The van der Waals surface area contributed by atoms with Crippen molar-refractivity contribution in [2.45, 2.75) is 32.2 Å². The number of carbonyl (C=O) groups excluding carboxylic acids is 2. The van der Waals surface area contributed by atoms with Crippen LogP contribution in [0.1, 0.15) is 57.7 Å². The number of likely N-dealkylation sites (tertiary alicyclic amines) is 1. The van der Waals surface area contributed by atoms with E-state index >= 15 is 0 Å². The summed E-state index contributed by atoms with van der Waals surface area (Å²) in [5.41, 5.74) is 2.02. The Bertz CT molecular complexity index is 1050. The summed E-state index contributed by atoms with van der Waals surface area (Å²) in [6.45, 7) is 2.40. The number of nitrogens with one attached hydrogen (secondary N) is 2. The van der Waals surface area contributed by atoms with E-state index in [0.29, 0.717) is 40.0 Å². The maximum absolute atomic E-state index is 12.9. The van der Waals surface area contributed by atoms with E-state index in [1.54, 1.807) is 48.4 Å². The average Bonchev–Trinajstić information content (AvgIpc) is 3.29. The highest BCUT2D eigenvalue weighted by Crippen LogP contribution is 2.30. The molecule has 30 heavy (non-hydrogen) atoms. The molecule has 2 aromatic heterocycles. The third-order valence-electron chi connectivity index (χ3n) is 5.14. The molecular formula is C21H21ClN6O2. The van der Waals surface area contributed by atoms with Crippen LogP contribution in [0.2, 0.25) is 5.02 Å². The minimum atomic E-state index is -0.296. The standard InChI is InChI=1S/C21H21ClN6O2/c1-13-16(20(29)26-15-7-5-14(22)6-8-15)12-23-19(25-13)18-4-2-3-11-28(18)21(30)17-9-10-24-27-17/h5-10,12,18H,2-4,11H2,1H3,(H,24,27)(H,26,29)/t18-/m0/s1. The first-order valence-corrected chi connectivity index (χ1v) is 10.1. The molecule has 1 aromatic carbocycles. The summed E-state index contributed by atoms with van der Waals surface area (Å²) in [4.78, 5) is 36.3. The number of benzene rings is 1. The Morgan fingerprint density at radius 1 is 1.20 bits per heavy atom. The van der Waals surface area contributed by atoms with E-state index in [1.165, 1.54) is 6.20 Å². The van der Waals surface area contributed by atoms with E-state index in [0.717, 1.165) is 19.3 Å². The number of hydrogen-bond acceptors (Lipinski definition) is 5. The Morgan fingerprint density at radius 3 is 2.70 bits per heavy atom. The molecule has 0 aliphatic carbocycles. The zero-order valence-electron chi connectivity index (χ0n) is 16.4. The first-order chi connectivity index (χ1) is 14.5. The number of piperidine rings is 1. The summed E-state index contributed by atoms with van der Waals surface area (Å²) < 4.78 is 0. The van der Waals surface area contributed by atoms with Crippen molar-refractivity contribution in [2.24, 2.45) is 0 Å². The van der Waals surface area contributed by atoms with Crippen LogP contribution in [0, 0.1) is 6.92 Å². The molecule has 0 radical (unpaired) electrons. The lowest BCUT2D eigenvalue weighted by Crippen LogP contribution is -2.39. The summed E-state index contributed by atoms with van der Waals surface area (Å²) >= 11 is 5.88. The molecule has 1 fully saturated rings. The number of H-pyrrole nitrogens is 1. The van der Waals surface area contributed by atoms with E-state index in [4.69, 9.17) is 11.6 Å². The highest BCUT2D eigenvalue weighted by molar-refractivity contribution is 6.30. The Balaban J connectivity index is 1.54. The third-order valence-corrected chi connectivity index (χ3v) is 5.39. The van der Waals surface area contributed by atoms with Crippen molar-refractivity contribution in [3.63, 3.8) is 0 Å². The van der Waals surface area contributed by atoms with Crippen LogP contribution < -0.4 is 5.32 Å². The van der Waals surface area contributed by atoms with Crippen molar-refractivity contribution in [3.05, 3.63) is 70.5 Å². The fraction of sp³-hybridized carbons (Fsp3) is 0.286. The van der Waals surface area contributed by atoms with Gasteiger partial charge in [-0.2, -0.15) is 5.10 Å². The average molecular weight is 425 g/mol. The minimum Gasteiger partial charge on any atom is -0.327 e. The maximum Gasteiger partial charge on any atom is 0.272 e. The smallest absolute Gasteiger partial charge is 0.272 e. The number of aromatic amines is 1. The second-order valence-electron chi connectivity index (χ2n) is 7.17. The van der Waals surface area contributed by atoms with Gasteiger partial charge in [-0.1, -0.05) is 11.6 Å². The highest BCUT2D eigenvalue weighted by atomic mass is 35.5. The van der Waals surface area contributed by atoms with Crippen LogP contribution >= 0.6 is 11.6 Å². The Kier molecular flexibility index (Phi) is 5.76. The molecule has 0 bridgehead atoms. The van der Waals surface area contributed by atoms with Crippen LogP contribution in [-0.4, -0.2) is 43.4 Å². The number of halogens is 1. The van der Waals surface area contributed by atoms with Crippen molar-refractivity contribution in [1.82, 2.24) is 25.1 Å². The number of hydrogen-bond donors (Lipinski definition) is 2. The van der Waals surface area contributed by atoms with Crippen LogP contribution in [-0.2, 0) is 0 Å². The SMILES string of the molecule is Cc1nc([C@@H]2CCCCN2C(=O)c2ccn[nH]2)ncc1C(=O)Nc1ccc(Cl)cc1. The van der Waals surface area contributed by atoms with Gasteiger partial charge in [-0.3, -0.25) is 14.7 Å². The predicted octanol–water partition coefficient (Wildman–Crippen LogP) is 3.78. The Labute approximate surface area is 178 Å². The van der Waals surface area contributed by atoms with Crippen molar-refractivity contribution < 1.29 is 9.59 Å². The van der Waals surface area contributed by atoms with Gasteiger partial charge in [0, 0.05) is 29.6 Å². The highest BCUT2D eigenvalue weighted by Gasteiger charge is 2.31. The summed E-state index contributed by atoms with van der Waals surface area (Å²) in [6.07, 6.45) is 5.77. The van der Waals surface area contributed by atoms with Crippen molar-refractivity contribution in [3.8, 4) is 0 Å². The largest absolute Gasteiger partial charge is 0.327 e. The monoisotopic (exact) mass is 424 g/mol. The van der Waals surface area contributed by atoms with E-state index in [1.807, 2.05) is 0 Å². The molecule has 1 atom stereocenters. The van der Waals surface area contributed by atoms with Gasteiger partial charge in [0.2, 0.25) is 0 Å². The van der Waals surface area contributed by atoms with Gasteiger partial charge < -0.3 is 10.2 Å². The molecule has 8 nitrogen and oxygen atoms in total. The number of aromatic nitrogens is 4. The Morgan fingerprint density at radius 2 is 2.00 bits per heavy atom. The third kappa shape index (κ3) is 4.18. The molecular weight excluding hydrogens is 404 g/mol. The van der Waals surface area contributed by atoms with Crippen LogP contribution in [0.5, 0.6) is 0 Å². The van der Waals surface area contributed by atoms with Gasteiger partial charge >= 0.3 is 0 Å².